The van der Waals surface area contributed by atoms with Crippen LogP contribution in [0.1, 0.15) is 25.5 Å². The van der Waals surface area contributed by atoms with Crippen LogP contribution in [0.4, 0.5) is 11.5 Å². The molecule has 1 aromatic heterocycles. The lowest BCUT2D eigenvalue weighted by Gasteiger charge is -2.45. The molecule has 1 aliphatic rings. The Hall–Kier alpha value is -1.28. The topological polar surface area (TPSA) is 93.2 Å². The van der Waals surface area contributed by atoms with Crippen LogP contribution in [0.15, 0.2) is 0 Å². The molecular weight excluding hydrogens is 280 g/mol. The Labute approximate surface area is 121 Å². The average Bonchev–Trinajstić information content (AvgIpc) is 2.66. The predicted molar refractivity (Wildman–Crippen MR) is 79.2 cm³/mol. The highest BCUT2D eigenvalue weighted by Gasteiger charge is 2.45. The van der Waals surface area contributed by atoms with Gasteiger partial charge in [0.1, 0.15) is 5.69 Å². The van der Waals surface area contributed by atoms with E-state index in [-0.39, 0.29) is 10.9 Å². The van der Waals surface area contributed by atoms with Gasteiger partial charge in [0, 0.05) is 18.8 Å². The van der Waals surface area contributed by atoms with Gasteiger partial charge in [0.2, 0.25) is 5.82 Å². The smallest absolute Gasteiger partial charge is 0.333 e. The van der Waals surface area contributed by atoms with E-state index in [1.54, 1.807) is 25.7 Å². The molecule has 0 saturated heterocycles. The Balaban J connectivity index is 2.10. The largest absolute Gasteiger partial charge is 0.387 e. The van der Waals surface area contributed by atoms with Gasteiger partial charge < -0.3 is 10.4 Å². The lowest BCUT2D eigenvalue weighted by Crippen LogP contribution is -2.54. The quantitative estimate of drug-likeness (QED) is 0.613. The minimum atomic E-state index is -0.785. The van der Waals surface area contributed by atoms with Gasteiger partial charge in [-0.25, -0.2) is 4.68 Å². The molecule has 112 valence electrons. The molecule has 2 rings (SSSR count). The summed E-state index contributed by atoms with van der Waals surface area (Å²) >= 11 is 1.73. The van der Waals surface area contributed by atoms with Crippen LogP contribution in [0.2, 0.25) is 0 Å². The number of anilines is 1. The summed E-state index contributed by atoms with van der Waals surface area (Å²) in [5.74, 6) is 1.31. The van der Waals surface area contributed by atoms with Crippen molar-refractivity contribution in [2.75, 3.05) is 17.6 Å². The zero-order valence-corrected chi connectivity index (χ0v) is 12.7. The number of aromatic nitrogens is 2. The normalized spacial score (nSPS) is 25.3. The maximum absolute atomic E-state index is 11.1. The van der Waals surface area contributed by atoms with Crippen molar-refractivity contribution in [3.05, 3.63) is 15.8 Å². The van der Waals surface area contributed by atoms with E-state index in [0.29, 0.717) is 18.1 Å². The van der Waals surface area contributed by atoms with Gasteiger partial charge in [-0.05, 0) is 25.5 Å². The van der Waals surface area contributed by atoms with Gasteiger partial charge in [-0.15, -0.1) is 0 Å². The summed E-state index contributed by atoms with van der Waals surface area (Å²) in [5.41, 5.74) is -0.428. The predicted octanol–water partition coefficient (Wildman–Crippen LogP) is 1.70. The van der Waals surface area contributed by atoms with Crippen molar-refractivity contribution in [2.24, 2.45) is 7.05 Å². The van der Waals surface area contributed by atoms with Gasteiger partial charge in [0.25, 0.3) is 0 Å². The Morgan fingerprint density at radius 3 is 2.90 bits per heavy atom. The summed E-state index contributed by atoms with van der Waals surface area (Å²) in [6.45, 7) is 3.98. The number of aliphatic hydroxyl groups is 1. The van der Waals surface area contributed by atoms with Crippen molar-refractivity contribution in [3.63, 3.8) is 0 Å². The van der Waals surface area contributed by atoms with Crippen LogP contribution in [0.3, 0.4) is 0 Å². The molecule has 0 radical (unpaired) electrons. The third-order valence-corrected chi connectivity index (χ3v) is 5.15. The van der Waals surface area contributed by atoms with E-state index < -0.39 is 10.5 Å². The fourth-order valence-corrected chi connectivity index (χ4v) is 3.74. The molecule has 0 aromatic carbocycles. The monoisotopic (exact) mass is 300 g/mol. The summed E-state index contributed by atoms with van der Waals surface area (Å²) in [6, 6.07) is 0. The second-order valence-corrected chi connectivity index (χ2v) is 6.58. The highest BCUT2D eigenvalue weighted by Crippen LogP contribution is 2.41. The summed E-state index contributed by atoms with van der Waals surface area (Å²) in [4.78, 5) is 10.6. The third kappa shape index (κ3) is 2.62. The number of hydrogen-bond acceptors (Lipinski definition) is 6. The van der Waals surface area contributed by atoms with Crippen molar-refractivity contribution in [2.45, 2.75) is 37.5 Å². The van der Waals surface area contributed by atoms with E-state index >= 15 is 0 Å². The molecule has 0 bridgehead atoms. The highest BCUT2D eigenvalue weighted by molar-refractivity contribution is 8.00. The van der Waals surface area contributed by atoms with Gasteiger partial charge in [-0.3, -0.25) is 10.1 Å². The summed E-state index contributed by atoms with van der Waals surface area (Å²) < 4.78 is 1.46. The number of nitro groups is 1. The molecule has 1 aliphatic carbocycles. The highest BCUT2D eigenvalue weighted by atomic mass is 32.2. The first-order chi connectivity index (χ1) is 9.39. The number of thioether (sulfide) groups is 1. The Bertz CT molecular complexity index is 519. The first kappa shape index (κ1) is 15.1. The molecule has 1 saturated carbocycles. The summed E-state index contributed by atoms with van der Waals surface area (Å²) in [6.07, 6.45) is 1.71. The van der Waals surface area contributed by atoms with Crippen LogP contribution in [-0.2, 0) is 7.05 Å². The Kier molecular flexibility index (Phi) is 4.24. The molecule has 0 aliphatic heterocycles. The van der Waals surface area contributed by atoms with E-state index in [1.807, 2.05) is 0 Å². The number of aryl methyl sites for hydroxylation is 2. The molecule has 20 heavy (non-hydrogen) atoms. The van der Waals surface area contributed by atoms with E-state index in [2.05, 4.69) is 17.3 Å². The van der Waals surface area contributed by atoms with Crippen LogP contribution in [0.25, 0.3) is 0 Å². The van der Waals surface area contributed by atoms with E-state index in [0.717, 1.165) is 18.6 Å². The fourth-order valence-electron chi connectivity index (χ4n) is 2.54. The minimum absolute atomic E-state index is 0.0184. The zero-order valence-electron chi connectivity index (χ0n) is 11.9. The Morgan fingerprint density at radius 1 is 1.70 bits per heavy atom. The lowest BCUT2D eigenvalue weighted by atomic mass is 9.79. The van der Waals surface area contributed by atoms with Crippen molar-refractivity contribution < 1.29 is 10.0 Å². The molecule has 1 fully saturated rings. The van der Waals surface area contributed by atoms with Gasteiger partial charge >= 0.3 is 5.69 Å². The van der Waals surface area contributed by atoms with E-state index in [9.17, 15) is 15.2 Å². The van der Waals surface area contributed by atoms with Gasteiger partial charge in [0.15, 0.2) is 0 Å². The number of hydrogen-bond donors (Lipinski definition) is 2. The maximum Gasteiger partial charge on any atom is 0.333 e. The van der Waals surface area contributed by atoms with Crippen molar-refractivity contribution in [1.29, 1.82) is 0 Å². The van der Waals surface area contributed by atoms with Gasteiger partial charge in [-0.2, -0.15) is 16.9 Å². The number of nitrogens with one attached hydrogen (secondary N) is 1. The Morgan fingerprint density at radius 2 is 2.40 bits per heavy atom. The molecule has 7 nitrogen and oxygen atoms in total. The van der Waals surface area contributed by atoms with Crippen LogP contribution in [0, 0.1) is 17.0 Å². The van der Waals surface area contributed by atoms with E-state index in [1.165, 1.54) is 4.68 Å². The SMILES string of the molecule is CCSC1CCC1(O)CNc1c([N+](=O)[O-])c(C)nn1C. The van der Waals surface area contributed by atoms with Gasteiger partial charge in [0.05, 0.1) is 10.5 Å². The second-order valence-electron chi connectivity index (χ2n) is 5.10. The minimum Gasteiger partial charge on any atom is -0.387 e. The third-order valence-electron chi connectivity index (χ3n) is 3.74. The molecule has 1 aromatic rings. The van der Waals surface area contributed by atoms with Crippen LogP contribution >= 0.6 is 11.8 Å². The molecule has 1 heterocycles. The van der Waals surface area contributed by atoms with Crippen molar-refractivity contribution in [3.8, 4) is 0 Å². The first-order valence-corrected chi connectivity index (χ1v) is 7.69. The number of nitrogens with zero attached hydrogens (tertiary/aromatic N) is 3. The average molecular weight is 300 g/mol. The number of rotatable bonds is 6. The van der Waals surface area contributed by atoms with Crippen LogP contribution in [-0.4, -0.2) is 43.0 Å². The molecule has 2 atom stereocenters. The van der Waals surface area contributed by atoms with Crippen LogP contribution in [0.5, 0.6) is 0 Å². The zero-order chi connectivity index (χ0) is 14.9. The maximum atomic E-state index is 11.1. The lowest BCUT2D eigenvalue weighted by molar-refractivity contribution is -0.384. The summed E-state index contributed by atoms with van der Waals surface area (Å²) in [7, 11) is 1.66. The molecule has 0 amide bonds. The van der Waals surface area contributed by atoms with E-state index in [4.69, 9.17) is 0 Å². The second kappa shape index (κ2) is 5.61. The fraction of sp³-hybridized carbons (Fsp3) is 0.750. The van der Waals surface area contributed by atoms with Gasteiger partial charge in [-0.1, -0.05) is 6.92 Å². The standard InChI is InChI=1S/C12H20N4O3S/c1-4-20-9-5-6-12(9,17)7-13-11-10(16(18)19)8(2)14-15(11)3/h9,13,17H,4-7H2,1-3H3. The molecule has 2 unspecified atom stereocenters. The molecule has 2 N–H and O–H groups in total. The van der Waals surface area contributed by atoms with Crippen molar-refractivity contribution in [1.82, 2.24) is 9.78 Å². The van der Waals surface area contributed by atoms with Crippen molar-refractivity contribution >= 4 is 23.3 Å². The first-order valence-electron chi connectivity index (χ1n) is 6.65. The molecular formula is C12H20N4O3S. The van der Waals surface area contributed by atoms with Crippen LogP contribution < -0.4 is 5.32 Å². The molecule has 8 heteroatoms. The molecule has 0 spiro atoms. The summed E-state index contributed by atoms with van der Waals surface area (Å²) in [5, 5.41) is 28.9.